The molecule has 33 heavy (non-hydrogen) atoms. The molecule has 7 nitrogen and oxygen atoms in total. The summed E-state index contributed by atoms with van der Waals surface area (Å²) in [5.41, 5.74) is 8.39. The molecule has 0 saturated heterocycles. The molecular weight excluding hydrogens is 456 g/mol. The number of primary amides is 1. The Morgan fingerprint density at radius 3 is 2.42 bits per heavy atom. The monoisotopic (exact) mass is 484 g/mol. The Hall–Kier alpha value is -2.88. The maximum absolute atomic E-state index is 11.8. The number of anilines is 1. The number of thiazole rings is 1. The van der Waals surface area contributed by atoms with Crippen molar-refractivity contribution in [1.82, 2.24) is 9.71 Å². The van der Waals surface area contributed by atoms with Crippen molar-refractivity contribution in [2.24, 2.45) is 5.73 Å². The number of carbonyl (C=O) groups excluding carboxylic acids is 2. The Morgan fingerprint density at radius 1 is 1.12 bits per heavy atom. The van der Waals surface area contributed by atoms with Crippen LogP contribution >= 0.6 is 23.3 Å². The molecule has 2 aromatic carbocycles. The molecule has 0 fully saturated rings. The van der Waals surface area contributed by atoms with Gasteiger partial charge in [-0.2, -0.15) is 0 Å². The third-order valence-electron chi connectivity index (χ3n) is 4.23. The van der Waals surface area contributed by atoms with E-state index in [4.69, 9.17) is 10.5 Å². The Morgan fingerprint density at radius 2 is 1.82 bits per heavy atom. The van der Waals surface area contributed by atoms with Gasteiger partial charge >= 0.3 is 6.09 Å². The van der Waals surface area contributed by atoms with Crippen LogP contribution in [0.2, 0.25) is 0 Å². The van der Waals surface area contributed by atoms with E-state index in [9.17, 15) is 9.59 Å². The van der Waals surface area contributed by atoms with Gasteiger partial charge in [-0.3, -0.25) is 14.8 Å². The van der Waals surface area contributed by atoms with E-state index in [1.165, 1.54) is 11.9 Å². The average Bonchev–Trinajstić information content (AvgIpc) is 3.21. The number of carbonyl (C=O) groups is 2. The highest BCUT2D eigenvalue weighted by Crippen LogP contribution is 2.38. The molecule has 3 rings (SSSR count). The molecule has 4 N–H and O–H groups in total. The van der Waals surface area contributed by atoms with Crippen molar-refractivity contribution in [3.8, 4) is 21.0 Å². The standard InChI is InChI=1S/C24H28N4O3S2/c1-14(2)31-23(30)27-17-9-6-15(7-10-17)22-26-13-20(32-22)18-11-8-16(21(25)29)12-19(18)33-28-24(3,4)5/h6-14,28H,1-5H3,(H2,25,29)(H,27,30). The zero-order valence-electron chi connectivity index (χ0n) is 19.3. The van der Waals surface area contributed by atoms with Crippen LogP contribution in [0.3, 0.4) is 0 Å². The second-order valence-electron chi connectivity index (χ2n) is 8.72. The minimum absolute atomic E-state index is 0.110. The molecule has 0 unspecified atom stereocenters. The summed E-state index contributed by atoms with van der Waals surface area (Å²) in [4.78, 5) is 29.9. The normalized spacial score (nSPS) is 11.5. The largest absolute Gasteiger partial charge is 0.447 e. The summed E-state index contributed by atoms with van der Waals surface area (Å²) in [5.74, 6) is -0.463. The van der Waals surface area contributed by atoms with Crippen LogP contribution in [0.15, 0.2) is 53.6 Å². The average molecular weight is 485 g/mol. The molecule has 0 aliphatic rings. The van der Waals surface area contributed by atoms with Gasteiger partial charge in [0, 0.05) is 39.0 Å². The fourth-order valence-electron chi connectivity index (χ4n) is 2.76. The van der Waals surface area contributed by atoms with Crippen LogP contribution in [0.1, 0.15) is 45.0 Å². The van der Waals surface area contributed by atoms with Crippen molar-refractivity contribution >= 4 is 41.0 Å². The van der Waals surface area contributed by atoms with Crippen LogP contribution in [0.25, 0.3) is 21.0 Å². The fourth-order valence-corrected chi connectivity index (χ4v) is 4.68. The minimum atomic E-state index is -0.484. The maximum Gasteiger partial charge on any atom is 0.411 e. The van der Waals surface area contributed by atoms with Crippen molar-refractivity contribution in [1.29, 1.82) is 0 Å². The van der Waals surface area contributed by atoms with E-state index in [0.717, 1.165) is 25.9 Å². The van der Waals surface area contributed by atoms with E-state index < -0.39 is 12.0 Å². The number of ether oxygens (including phenoxy) is 1. The smallest absolute Gasteiger partial charge is 0.411 e. The number of hydrogen-bond acceptors (Lipinski definition) is 7. The number of nitrogens with zero attached hydrogens (tertiary/aromatic N) is 1. The van der Waals surface area contributed by atoms with E-state index in [1.54, 1.807) is 37.3 Å². The van der Waals surface area contributed by atoms with E-state index in [0.29, 0.717) is 11.3 Å². The molecule has 0 aliphatic heterocycles. The molecule has 0 radical (unpaired) electrons. The molecule has 0 spiro atoms. The molecule has 174 valence electrons. The molecular formula is C24H28N4O3S2. The van der Waals surface area contributed by atoms with Gasteiger partial charge in [0.1, 0.15) is 5.01 Å². The third-order valence-corrected chi connectivity index (χ3v) is 6.58. The summed E-state index contributed by atoms with van der Waals surface area (Å²) >= 11 is 3.01. The molecule has 0 bridgehead atoms. The Kier molecular flexibility index (Phi) is 7.78. The first-order valence-corrected chi connectivity index (χ1v) is 12.1. The van der Waals surface area contributed by atoms with Crippen LogP contribution in [-0.4, -0.2) is 28.6 Å². The Bertz CT molecular complexity index is 1140. The Labute approximate surface area is 202 Å². The van der Waals surface area contributed by atoms with Crippen LogP contribution in [0, 0.1) is 0 Å². The quantitative estimate of drug-likeness (QED) is 0.359. The highest BCUT2D eigenvalue weighted by Gasteiger charge is 2.16. The van der Waals surface area contributed by atoms with Gasteiger partial charge in [-0.25, -0.2) is 9.78 Å². The number of benzene rings is 2. The van der Waals surface area contributed by atoms with Crippen molar-refractivity contribution in [2.75, 3.05) is 5.32 Å². The van der Waals surface area contributed by atoms with Gasteiger partial charge in [-0.05, 0) is 83.0 Å². The summed E-state index contributed by atoms with van der Waals surface area (Å²) in [6.45, 7) is 9.82. The van der Waals surface area contributed by atoms with Gasteiger partial charge < -0.3 is 10.5 Å². The molecule has 0 aliphatic carbocycles. The second-order valence-corrected chi connectivity index (χ2v) is 10.6. The summed E-state index contributed by atoms with van der Waals surface area (Å²) in [7, 11) is 0. The molecule has 9 heteroatoms. The summed E-state index contributed by atoms with van der Waals surface area (Å²) < 4.78 is 8.49. The molecule has 0 atom stereocenters. The third kappa shape index (κ3) is 7.05. The van der Waals surface area contributed by atoms with E-state index in [2.05, 4.69) is 35.8 Å². The highest BCUT2D eigenvalue weighted by molar-refractivity contribution is 7.97. The van der Waals surface area contributed by atoms with Crippen molar-refractivity contribution in [2.45, 2.75) is 51.2 Å². The van der Waals surface area contributed by atoms with Gasteiger partial charge in [-0.15, -0.1) is 11.3 Å². The number of hydrogen-bond donors (Lipinski definition) is 3. The van der Waals surface area contributed by atoms with Gasteiger partial charge in [0.15, 0.2) is 0 Å². The first-order chi connectivity index (χ1) is 15.5. The van der Waals surface area contributed by atoms with Crippen LogP contribution in [-0.2, 0) is 4.74 Å². The maximum atomic E-state index is 11.8. The number of aromatic nitrogens is 1. The zero-order valence-corrected chi connectivity index (χ0v) is 20.9. The van der Waals surface area contributed by atoms with Crippen LogP contribution < -0.4 is 15.8 Å². The van der Waals surface area contributed by atoms with E-state index in [-0.39, 0.29) is 11.6 Å². The molecule has 2 amide bonds. The zero-order chi connectivity index (χ0) is 24.2. The summed E-state index contributed by atoms with van der Waals surface area (Å²) in [6, 6.07) is 12.9. The number of nitrogens with two attached hydrogens (primary N) is 1. The van der Waals surface area contributed by atoms with Gasteiger partial charge in [0.2, 0.25) is 5.91 Å². The molecule has 3 aromatic rings. The van der Waals surface area contributed by atoms with Crippen LogP contribution in [0.5, 0.6) is 0 Å². The van der Waals surface area contributed by atoms with Crippen molar-refractivity contribution in [3.05, 3.63) is 54.2 Å². The van der Waals surface area contributed by atoms with Gasteiger partial charge in [0.05, 0.1) is 11.0 Å². The van der Waals surface area contributed by atoms with Crippen molar-refractivity contribution < 1.29 is 14.3 Å². The van der Waals surface area contributed by atoms with E-state index in [1.807, 2.05) is 36.5 Å². The number of amides is 2. The molecule has 0 saturated carbocycles. The fraction of sp³-hybridized carbons (Fsp3) is 0.292. The van der Waals surface area contributed by atoms with E-state index >= 15 is 0 Å². The number of nitrogens with one attached hydrogen (secondary N) is 2. The van der Waals surface area contributed by atoms with Crippen LogP contribution in [0.4, 0.5) is 10.5 Å². The van der Waals surface area contributed by atoms with Gasteiger partial charge in [-0.1, -0.05) is 6.07 Å². The summed E-state index contributed by atoms with van der Waals surface area (Å²) in [5, 5.41) is 3.55. The predicted molar refractivity (Wildman–Crippen MR) is 135 cm³/mol. The highest BCUT2D eigenvalue weighted by atomic mass is 32.2. The number of rotatable bonds is 7. The SMILES string of the molecule is CC(C)OC(=O)Nc1ccc(-c2ncc(-c3ccc(C(N)=O)cc3SNC(C)(C)C)s2)cc1. The molecule has 1 heterocycles. The topological polar surface area (TPSA) is 106 Å². The second kappa shape index (κ2) is 10.4. The lowest BCUT2D eigenvalue weighted by Gasteiger charge is -2.20. The Balaban J connectivity index is 1.83. The lowest BCUT2D eigenvalue weighted by Crippen LogP contribution is -2.29. The van der Waals surface area contributed by atoms with Gasteiger partial charge in [0.25, 0.3) is 0 Å². The lowest BCUT2D eigenvalue weighted by atomic mass is 10.1. The van der Waals surface area contributed by atoms with Crippen molar-refractivity contribution in [3.63, 3.8) is 0 Å². The summed E-state index contributed by atoms with van der Waals surface area (Å²) in [6.07, 6.45) is 1.16. The predicted octanol–water partition coefficient (Wildman–Crippen LogP) is 5.93. The first-order valence-electron chi connectivity index (χ1n) is 10.4. The minimum Gasteiger partial charge on any atom is -0.447 e. The lowest BCUT2D eigenvalue weighted by molar-refractivity contribution is 0.1000. The first kappa shape index (κ1) is 24.8. The molecule has 1 aromatic heterocycles.